The maximum atomic E-state index is 14.9. The summed E-state index contributed by atoms with van der Waals surface area (Å²) in [5, 5.41) is 5.83. The fourth-order valence-electron chi connectivity index (χ4n) is 4.08. The normalized spacial score (nSPS) is 15.8. The van der Waals surface area contributed by atoms with Gasteiger partial charge in [-0.25, -0.2) is 8.78 Å². The van der Waals surface area contributed by atoms with Crippen LogP contribution < -0.4 is 15.4 Å². The summed E-state index contributed by atoms with van der Waals surface area (Å²) < 4.78 is 45.8. The van der Waals surface area contributed by atoms with Crippen molar-refractivity contribution in [2.24, 2.45) is 0 Å². The largest absolute Gasteiger partial charge is 0.494 e. The van der Waals surface area contributed by atoms with Gasteiger partial charge in [-0.3, -0.25) is 4.79 Å². The number of nitrogens with one attached hydrogen (secondary N) is 2. The minimum Gasteiger partial charge on any atom is -0.494 e. The van der Waals surface area contributed by atoms with E-state index in [1.54, 1.807) is 21.0 Å². The summed E-state index contributed by atoms with van der Waals surface area (Å²) in [5.74, 6) is -1.09. The van der Waals surface area contributed by atoms with Crippen molar-refractivity contribution in [3.8, 4) is 5.75 Å². The van der Waals surface area contributed by atoms with E-state index in [-0.39, 0.29) is 23.8 Å². The van der Waals surface area contributed by atoms with E-state index in [0.29, 0.717) is 26.4 Å². The maximum absolute atomic E-state index is 14.9. The summed E-state index contributed by atoms with van der Waals surface area (Å²) in [6, 6.07) is 7.28. The van der Waals surface area contributed by atoms with Gasteiger partial charge in [0.1, 0.15) is 23.4 Å². The molecule has 2 aromatic rings. The molecule has 3 rings (SSSR count). The van der Waals surface area contributed by atoms with Gasteiger partial charge >= 0.3 is 0 Å². The van der Waals surface area contributed by atoms with Crippen molar-refractivity contribution in [3.63, 3.8) is 0 Å². The van der Waals surface area contributed by atoms with Gasteiger partial charge in [-0.1, -0.05) is 19.9 Å². The Bertz CT molecular complexity index is 958. The average Bonchev–Trinajstić information content (AvgIpc) is 2.75. The van der Waals surface area contributed by atoms with Crippen LogP contribution in [-0.2, 0) is 26.1 Å². The smallest absolute Gasteiger partial charge is 0.246 e. The summed E-state index contributed by atoms with van der Waals surface area (Å²) in [6.45, 7) is 7.36. The van der Waals surface area contributed by atoms with Crippen molar-refractivity contribution in [2.75, 3.05) is 45.4 Å². The number of anilines is 1. The molecule has 0 aliphatic carbocycles. The molecule has 0 bridgehead atoms. The monoisotopic (exact) mass is 462 g/mol. The lowest BCUT2D eigenvalue weighted by Crippen LogP contribution is -2.38. The predicted octanol–water partition coefficient (Wildman–Crippen LogP) is 4.13. The van der Waals surface area contributed by atoms with Gasteiger partial charge in [0.25, 0.3) is 0 Å². The van der Waals surface area contributed by atoms with E-state index in [2.05, 4.69) is 10.6 Å². The summed E-state index contributed by atoms with van der Waals surface area (Å²) in [5.41, 5.74) is 0.932. The number of hydrogen-bond acceptors (Lipinski definition) is 5. The van der Waals surface area contributed by atoms with Crippen LogP contribution in [0.15, 0.2) is 30.3 Å². The van der Waals surface area contributed by atoms with Crippen LogP contribution in [0.1, 0.15) is 43.5 Å². The van der Waals surface area contributed by atoms with Crippen molar-refractivity contribution < 1.29 is 27.8 Å². The minimum atomic E-state index is -0.896. The highest BCUT2D eigenvalue weighted by Gasteiger charge is 2.30. The molecule has 1 aliphatic heterocycles. The second-order valence-electron chi connectivity index (χ2n) is 8.66. The first kappa shape index (κ1) is 25.1. The van der Waals surface area contributed by atoms with Crippen molar-refractivity contribution in [3.05, 3.63) is 58.7 Å². The van der Waals surface area contributed by atoms with Gasteiger partial charge in [0, 0.05) is 30.3 Å². The van der Waals surface area contributed by atoms with Crippen LogP contribution >= 0.6 is 0 Å². The van der Waals surface area contributed by atoms with E-state index in [1.165, 1.54) is 0 Å². The molecule has 2 aromatic carbocycles. The number of halogens is 2. The van der Waals surface area contributed by atoms with Crippen LogP contribution in [0.25, 0.3) is 0 Å². The van der Waals surface area contributed by atoms with Crippen LogP contribution in [0.4, 0.5) is 14.5 Å². The number of fused-ring (bicyclic) bond motifs is 1. The lowest BCUT2D eigenvalue weighted by molar-refractivity contribution is -0.118. The summed E-state index contributed by atoms with van der Waals surface area (Å²) in [4.78, 5) is 13.0. The topological polar surface area (TPSA) is 68.8 Å². The first-order valence-electron chi connectivity index (χ1n) is 11.1. The molecule has 1 amide bonds. The second-order valence-corrected chi connectivity index (χ2v) is 8.66. The number of rotatable bonds is 10. The summed E-state index contributed by atoms with van der Waals surface area (Å²) in [7, 11) is 1.56. The zero-order valence-electron chi connectivity index (χ0n) is 19.6. The Morgan fingerprint density at radius 2 is 1.91 bits per heavy atom. The van der Waals surface area contributed by atoms with Gasteiger partial charge in [-0.05, 0) is 48.7 Å². The molecule has 0 saturated heterocycles. The molecule has 0 aromatic heterocycles. The molecular formula is C25H32F2N2O4. The van der Waals surface area contributed by atoms with E-state index < -0.39 is 23.1 Å². The van der Waals surface area contributed by atoms with Gasteiger partial charge in [0.15, 0.2) is 0 Å². The van der Waals surface area contributed by atoms with Crippen LogP contribution in [0, 0.1) is 11.6 Å². The van der Waals surface area contributed by atoms with Gasteiger partial charge in [-0.15, -0.1) is 0 Å². The SMILES string of the molecule is CCOc1ccc2c(c1)CCNC2C(=O)Nc1cc(F)c(C(C)(C)COCCOC)c(F)c1. The molecule has 1 aliphatic rings. The fraction of sp³-hybridized carbons (Fsp3) is 0.480. The highest BCUT2D eigenvalue weighted by atomic mass is 19.1. The van der Waals surface area contributed by atoms with E-state index >= 15 is 0 Å². The molecule has 2 N–H and O–H groups in total. The van der Waals surface area contributed by atoms with Crippen molar-refractivity contribution in [1.29, 1.82) is 0 Å². The Kier molecular flexibility index (Phi) is 8.40. The standard InChI is InChI=1S/C25H32F2N2O4/c1-5-33-18-6-7-19-16(12-18)8-9-28-23(19)24(30)29-17-13-20(26)22(21(27)14-17)25(2,3)15-32-11-10-31-4/h6-7,12-14,23,28H,5,8-11,15H2,1-4H3,(H,29,30). The molecule has 1 atom stereocenters. The molecule has 0 radical (unpaired) electrons. The fourth-order valence-corrected chi connectivity index (χ4v) is 4.08. The Balaban J connectivity index is 1.75. The maximum Gasteiger partial charge on any atom is 0.246 e. The number of amides is 1. The average molecular weight is 463 g/mol. The molecule has 33 heavy (non-hydrogen) atoms. The third-order valence-corrected chi connectivity index (χ3v) is 5.62. The highest BCUT2D eigenvalue weighted by Crippen LogP contribution is 2.32. The zero-order chi connectivity index (χ0) is 24.0. The quantitative estimate of drug-likeness (QED) is 0.520. The summed E-state index contributed by atoms with van der Waals surface area (Å²) in [6.07, 6.45) is 0.763. The van der Waals surface area contributed by atoms with E-state index in [0.717, 1.165) is 35.4 Å². The Labute approximate surface area is 193 Å². The first-order chi connectivity index (χ1) is 15.8. The molecule has 1 unspecified atom stereocenters. The van der Waals surface area contributed by atoms with Gasteiger partial charge in [-0.2, -0.15) is 0 Å². The summed E-state index contributed by atoms with van der Waals surface area (Å²) >= 11 is 0. The first-order valence-corrected chi connectivity index (χ1v) is 11.1. The van der Waals surface area contributed by atoms with Crippen LogP contribution in [0.2, 0.25) is 0 Å². The molecule has 1 heterocycles. The highest BCUT2D eigenvalue weighted by molar-refractivity contribution is 5.96. The van der Waals surface area contributed by atoms with Gasteiger partial charge < -0.3 is 24.8 Å². The Morgan fingerprint density at radius 3 is 2.58 bits per heavy atom. The third-order valence-electron chi connectivity index (χ3n) is 5.62. The van der Waals surface area contributed by atoms with Crippen molar-refractivity contribution in [1.82, 2.24) is 5.32 Å². The molecule has 0 fully saturated rings. The number of ether oxygens (including phenoxy) is 3. The molecule has 180 valence electrons. The molecule has 8 heteroatoms. The van der Waals surface area contributed by atoms with Crippen LogP contribution in [0.3, 0.4) is 0 Å². The number of benzene rings is 2. The lowest BCUT2D eigenvalue weighted by Gasteiger charge is -2.28. The molecule has 0 saturated carbocycles. The predicted molar refractivity (Wildman–Crippen MR) is 123 cm³/mol. The third kappa shape index (κ3) is 6.07. The number of carbonyl (C=O) groups is 1. The van der Waals surface area contributed by atoms with Crippen molar-refractivity contribution >= 4 is 11.6 Å². The minimum absolute atomic E-state index is 0.0645. The number of hydrogen-bond donors (Lipinski definition) is 2. The zero-order valence-corrected chi connectivity index (χ0v) is 19.6. The molecular weight excluding hydrogens is 430 g/mol. The van der Waals surface area contributed by atoms with Gasteiger partial charge in [0.05, 0.1) is 26.4 Å². The van der Waals surface area contributed by atoms with E-state index in [4.69, 9.17) is 14.2 Å². The van der Waals surface area contributed by atoms with Crippen LogP contribution in [-0.4, -0.2) is 46.0 Å². The molecule has 0 spiro atoms. The molecule has 6 nitrogen and oxygen atoms in total. The Hall–Kier alpha value is -2.55. The van der Waals surface area contributed by atoms with E-state index in [9.17, 15) is 13.6 Å². The number of methoxy groups -OCH3 is 1. The second kappa shape index (κ2) is 11.0. The van der Waals surface area contributed by atoms with E-state index in [1.807, 2.05) is 25.1 Å². The number of carbonyl (C=O) groups excluding carboxylic acids is 1. The van der Waals surface area contributed by atoms with Gasteiger partial charge in [0.2, 0.25) is 5.91 Å². The lowest BCUT2D eigenvalue weighted by atomic mass is 9.84. The Morgan fingerprint density at radius 1 is 1.18 bits per heavy atom. The van der Waals surface area contributed by atoms with Crippen molar-refractivity contribution in [2.45, 2.75) is 38.6 Å². The van der Waals surface area contributed by atoms with Crippen LogP contribution in [0.5, 0.6) is 5.75 Å².